The van der Waals surface area contributed by atoms with E-state index in [-0.39, 0.29) is 21.7 Å². The van der Waals surface area contributed by atoms with Crippen molar-refractivity contribution in [3.05, 3.63) is 98.6 Å². The minimum Gasteiger partial charge on any atom is -0.427 e. The fourth-order valence-electron chi connectivity index (χ4n) is 7.14. The molecule has 0 amide bonds. The number of rotatable bonds is 12. The zero-order valence-corrected chi connectivity index (χ0v) is 33.8. The molecule has 266 valence electrons. The van der Waals surface area contributed by atoms with Crippen LogP contribution in [-0.2, 0) is 28.1 Å². The smallest absolute Gasteiger partial charge is 0.391 e. The van der Waals surface area contributed by atoms with Crippen LogP contribution in [0.15, 0.2) is 48.5 Å². The van der Waals surface area contributed by atoms with Gasteiger partial charge in [0.1, 0.15) is 5.75 Å². The first-order valence-corrected chi connectivity index (χ1v) is 19.4. The standard InChI is InChI=1S/C44H67O3P/c1-30-26-33(41(3,4)5)28-36(43(9,10)11)39(30)35(40-31(2)27-34(42(6,7)8)29-37(40)44(12,13)14)24-19-17-15-16-18-22-32-23-20-21-25-38(32)47-48(45)46/h20-21,23,25-29,35,45-46H,15-19,22,24H2,1-14H3. The van der Waals surface area contributed by atoms with Gasteiger partial charge in [-0.2, -0.15) is 0 Å². The number of aryl methyl sites for hydroxylation is 3. The Morgan fingerprint density at radius 3 is 1.46 bits per heavy atom. The van der Waals surface area contributed by atoms with Crippen molar-refractivity contribution in [3.63, 3.8) is 0 Å². The lowest BCUT2D eigenvalue weighted by Gasteiger charge is -2.36. The van der Waals surface area contributed by atoms with Gasteiger partial charge in [-0.15, -0.1) is 0 Å². The molecule has 0 bridgehead atoms. The van der Waals surface area contributed by atoms with Gasteiger partial charge < -0.3 is 14.3 Å². The van der Waals surface area contributed by atoms with E-state index in [9.17, 15) is 9.79 Å². The third-order valence-electron chi connectivity index (χ3n) is 9.91. The van der Waals surface area contributed by atoms with E-state index in [0.29, 0.717) is 11.7 Å². The Kier molecular flexibility index (Phi) is 13.2. The van der Waals surface area contributed by atoms with E-state index < -0.39 is 8.60 Å². The summed E-state index contributed by atoms with van der Waals surface area (Å²) in [6.45, 7) is 33.1. The summed E-state index contributed by atoms with van der Waals surface area (Å²) >= 11 is 0. The second kappa shape index (κ2) is 15.8. The summed E-state index contributed by atoms with van der Waals surface area (Å²) in [6.07, 6.45) is 7.77. The Bertz CT molecular complexity index is 1420. The van der Waals surface area contributed by atoms with Crippen molar-refractivity contribution < 1.29 is 14.3 Å². The molecule has 0 saturated heterocycles. The maximum absolute atomic E-state index is 9.36. The van der Waals surface area contributed by atoms with Crippen molar-refractivity contribution in [2.45, 2.75) is 169 Å². The lowest BCUT2D eigenvalue weighted by atomic mass is 9.68. The Morgan fingerprint density at radius 1 is 0.583 bits per heavy atom. The summed E-state index contributed by atoms with van der Waals surface area (Å²) in [5.41, 5.74) is 13.0. The van der Waals surface area contributed by atoms with Crippen LogP contribution in [0.5, 0.6) is 5.75 Å². The summed E-state index contributed by atoms with van der Waals surface area (Å²) in [7, 11) is -2.41. The topological polar surface area (TPSA) is 49.7 Å². The van der Waals surface area contributed by atoms with Gasteiger partial charge in [0.05, 0.1) is 0 Å². The van der Waals surface area contributed by atoms with Gasteiger partial charge in [-0.3, -0.25) is 0 Å². The normalized spacial score (nSPS) is 13.1. The molecule has 3 aromatic rings. The van der Waals surface area contributed by atoms with Gasteiger partial charge >= 0.3 is 8.60 Å². The Hall–Kier alpha value is -2.19. The molecule has 2 N–H and O–H groups in total. The third kappa shape index (κ3) is 10.7. The van der Waals surface area contributed by atoms with Crippen molar-refractivity contribution in [1.82, 2.24) is 0 Å². The van der Waals surface area contributed by atoms with E-state index in [0.717, 1.165) is 31.2 Å². The van der Waals surface area contributed by atoms with Gasteiger partial charge in [0.25, 0.3) is 0 Å². The van der Waals surface area contributed by atoms with Crippen molar-refractivity contribution in [3.8, 4) is 5.75 Å². The third-order valence-corrected chi connectivity index (χ3v) is 10.3. The van der Waals surface area contributed by atoms with Crippen LogP contribution in [0, 0.1) is 13.8 Å². The van der Waals surface area contributed by atoms with Crippen LogP contribution in [0.25, 0.3) is 0 Å². The molecule has 0 spiro atoms. The van der Waals surface area contributed by atoms with E-state index >= 15 is 0 Å². The van der Waals surface area contributed by atoms with E-state index in [2.05, 4.69) is 121 Å². The van der Waals surface area contributed by atoms with Gasteiger partial charge in [0.2, 0.25) is 0 Å². The molecule has 3 rings (SSSR count). The maximum Gasteiger partial charge on any atom is 0.391 e. The first kappa shape index (κ1) is 40.2. The molecule has 3 aromatic carbocycles. The summed E-state index contributed by atoms with van der Waals surface area (Å²) in [5, 5.41) is 0. The zero-order valence-electron chi connectivity index (χ0n) is 32.9. The molecule has 0 unspecified atom stereocenters. The molecule has 4 heteroatoms. The SMILES string of the molecule is Cc1cc(C(C)(C)C)cc(C(C)(C)C)c1C(CCCCCCCc1ccccc1OP(O)O)c1c(C)cc(C(C)(C)C)cc1C(C)(C)C. The summed E-state index contributed by atoms with van der Waals surface area (Å²) in [6, 6.07) is 17.7. The fraction of sp³-hybridized carbons (Fsp3) is 0.591. The Morgan fingerprint density at radius 2 is 1.02 bits per heavy atom. The van der Waals surface area contributed by atoms with Crippen LogP contribution in [0.4, 0.5) is 0 Å². The van der Waals surface area contributed by atoms with Crippen molar-refractivity contribution in [2.24, 2.45) is 0 Å². The molecule has 0 aliphatic rings. The van der Waals surface area contributed by atoms with Crippen LogP contribution in [-0.4, -0.2) is 9.79 Å². The Labute approximate surface area is 295 Å². The minimum absolute atomic E-state index is 0.0218. The summed E-state index contributed by atoms with van der Waals surface area (Å²) in [4.78, 5) is 18.7. The van der Waals surface area contributed by atoms with Crippen LogP contribution < -0.4 is 4.52 Å². The van der Waals surface area contributed by atoms with E-state index in [1.807, 2.05) is 24.3 Å². The molecule has 0 aliphatic carbocycles. The van der Waals surface area contributed by atoms with Crippen LogP contribution in [0.1, 0.15) is 178 Å². The molecule has 0 fully saturated rings. The highest BCUT2D eigenvalue weighted by atomic mass is 31.2. The van der Waals surface area contributed by atoms with Crippen LogP contribution in [0.2, 0.25) is 0 Å². The number of hydrogen-bond acceptors (Lipinski definition) is 3. The average molecular weight is 675 g/mol. The van der Waals surface area contributed by atoms with E-state index in [1.165, 1.54) is 63.8 Å². The first-order chi connectivity index (χ1) is 22.0. The van der Waals surface area contributed by atoms with Gasteiger partial charge in [-0.1, -0.05) is 151 Å². The number of unbranched alkanes of at least 4 members (excludes halogenated alkanes) is 4. The van der Waals surface area contributed by atoms with E-state index in [4.69, 9.17) is 4.52 Å². The molecule has 0 saturated carbocycles. The molecule has 0 aromatic heterocycles. The highest BCUT2D eigenvalue weighted by Gasteiger charge is 2.33. The lowest BCUT2D eigenvalue weighted by Crippen LogP contribution is -2.25. The number of para-hydroxylation sites is 1. The van der Waals surface area contributed by atoms with E-state index in [1.54, 1.807) is 0 Å². The van der Waals surface area contributed by atoms with Crippen molar-refractivity contribution >= 4 is 8.60 Å². The van der Waals surface area contributed by atoms with Gasteiger partial charge in [-0.05, 0) is 111 Å². The lowest BCUT2D eigenvalue weighted by molar-refractivity contribution is 0.373. The second-order valence-electron chi connectivity index (χ2n) is 18.3. The molecule has 0 heterocycles. The summed E-state index contributed by atoms with van der Waals surface area (Å²) < 4.78 is 5.27. The van der Waals surface area contributed by atoms with Gasteiger partial charge in [-0.25, -0.2) is 0 Å². The predicted molar refractivity (Wildman–Crippen MR) is 209 cm³/mol. The Balaban J connectivity index is 2.00. The quantitative estimate of drug-likeness (QED) is 0.148. The van der Waals surface area contributed by atoms with Crippen LogP contribution in [0.3, 0.4) is 0 Å². The highest BCUT2D eigenvalue weighted by molar-refractivity contribution is 7.39. The maximum atomic E-state index is 9.36. The number of hydrogen-bond donors (Lipinski definition) is 2. The molecular weight excluding hydrogens is 607 g/mol. The molecular formula is C44H67O3P. The molecule has 0 aliphatic heterocycles. The molecule has 3 nitrogen and oxygen atoms in total. The molecule has 0 atom stereocenters. The predicted octanol–water partition coefficient (Wildman–Crippen LogP) is 12.8. The summed E-state index contributed by atoms with van der Waals surface area (Å²) in [5.74, 6) is 0.911. The monoisotopic (exact) mass is 674 g/mol. The van der Waals surface area contributed by atoms with Crippen LogP contribution >= 0.6 is 8.60 Å². The average Bonchev–Trinajstić information content (AvgIpc) is 2.93. The number of benzene rings is 3. The van der Waals surface area contributed by atoms with Gasteiger partial charge in [0, 0.05) is 5.92 Å². The fourth-order valence-corrected chi connectivity index (χ4v) is 7.50. The highest BCUT2D eigenvalue weighted by Crippen LogP contribution is 2.46. The molecule has 48 heavy (non-hydrogen) atoms. The van der Waals surface area contributed by atoms with Gasteiger partial charge in [0.15, 0.2) is 0 Å². The minimum atomic E-state index is -2.41. The second-order valence-corrected chi connectivity index (χ2v) is 19.0. The van der Waals surface area contributed by atoms with Crippen molar-refractivity contribution in [1.29, 1.82) is 0 Å². The largest absolute Gasteiger partial charge is 0.427 e. The first-order valence-electron chi connectivity index (χ1n) is 18.3. The zero-order chi connectivity index (χ0) is 36.2. The molecule has 0 radical (unpaired) electrons. The van der Waals surface area contributed by atoms with Crippen molar-refractivity contribution in [2.75, 3.05) is 0 Å².